The molecule has 0 aliphatic heterocycles. The fourth-order valence-corrected chi connectivity index (χ4v) is 2.10. The van der Waals surface area contributed by atoms with Crippen molar-refractivity contribution in [2.75, 3.05) is 0 Å². The summed E-state index contributed by atoms with van der Waals surface area (Å²) in [5, 5.41) is 9.12. The molecule has 88 valence electrons. The second-order valence-electron chi connectivity index (χ2n) is 4.46. The van der Waals surface area contributed by atoms with Crippen molar-refractivity contribution in [2.45, 2.75) is 30.9 Å². The van der Waals surface area contributed by atoms with E-state index < -0.39 is 29.1 Å². The third-order valence-corrected chi connectivity index (χ3v) is 2.92. The molecule has 0 spiro atoms. The summed E-state index contributed by atoms with van der Waals surface area (Å²) >= 11 is 0. The Balaban J connectivity index is 2.19. The summed E-state index contributed by atoms with van der Waals surface area (Å²) in [5.74, 6) is -3.09. The van der Waals surface area contributed by atoms with Crippen LogP contribution >= 0.6 is 0 Å². The molecule has 1 saturated carbocycles. The molecule has 0 saturated heterocycles. The summed E-state index contributed by atoms with van der Waals surface area (Å²) in [6.07, 6.45) is 0.336. The molecule has 16 heavy (non-hydrogen) atoms. The van der Waals surface area contributed by atoms with Crippen LogP contribution in [0.3, 0.4) is 0 Å². The maximum Gasteiger partial charge on any atom is 0.161 e. The highest BCUT2D eigenvalue weighted by Gasteiger charge is 2.40. The van der Waals surface area contributed by atoms with Gasteiger partial charge < -0.3 is 10.8 Å². The zero-order chi connectivity index (χ0) is 11.9. The highest BCUT2D eigenvalue weighted by atomic mass is 19.2. The fraction of sp³-hybridized carbons (Fsp3) is 0.455. The first kappa shape index (κ1) is 11.4. The van der Waals surface area contributed by atoms with Gasteiger partial charge in [-0.15, -0.1) is 0 Å². The van der Waals surface area contributed by atoms with E-state index in [0.29, 0.717) is 18.9 Å². The molecule has 0 aromatic heterocycles. The minimum Gasteiger partial charge on any atom is -0.393 e. The lowest BCUT2D eigenvalue weighted by atomic mass is 9.71. The Kier molecular flexibility index (Phi) is 2.67. The van der Waals surface area contributed by atoms with Crippen LogP contribution in [0.4, 0.5) is 13.2 Å². The summed E-state index contributed by atoms with van der Waals surface area (Å²) in [7, 11) is 0. The van der Waals surface area contributed by atoms with Gasteiger partial charge in [0.05, 0.1) is 6.10 Å². The molecule has 0 atom stereocenters. The molecule has 1 aliphatic carbocycles. The largest absolute Gasteiger partial charge is 0.393 e. The molecule has 1 aromatic rings. The van der Waals surface area contributed by atoms with Gasteiger partial charge in [0.25, 0.3) is 0 Å². The summed E-state index contributed by atoms with van der Waals surface area (Å²) in [6, 6.07) is 1.34. The first-order chi connectivity index (χ1) is 7.39. The summed E-state index contributed by atoms with van der Waals surface area (Å²) in [5.41, 5.74) is 5.18. The number of hydrogen-bond acceptors (Lipinski definition) is 2. The van der Waals surface area contributed by atoms with Gasteiger partial charge in [-0.25, -0.2) is 13.2 Å². The standard InChI is InChI=1S/C11H12F3NO/c12-8-2-10(14)9(13)1-6(8)3-11(15)4-7(16)5-11/h1-2,7,16H,3-5,15H2. The quantitative estimate of drug-likeness (QED) is 0.758. The molecular formula is C11H12F3NO. The van der Waals surface area contributed by atoms with Crippen LogP contribution in [0.5, 0.6) is 0 Å². The highest BCUT2D eigenvalue weighted by molar-refractivity contribution is 5.23. The third-order valence-electron chi connectivity index (χ3n) is 2.92. The van der Waals surface area contributed by atoms with Crippen LogP contribution in [0.1, 0.15) is 18.4 Å². The van der Waals surface area contributed by atoms with Gasteiger partial charge in [0.15, 0.2) is 11.6 Å². The van der Waals surface area contributed by atoms with Gasteiger partial charge in [-0.3, -0.25) is 0 Å². The van der Waals surface area contributed by atoms with Crippen molar-refractivity contribution in [2.24, 2.45) is 5.73 Å². The first-order valence-corrected chi connectivity index (χ1v) is 5.00. The topological polar surface area (TPSA) is 46.2 Å². The lowest BCUT2D eigenvalue weighted by Gasteiger charge is -2.42. The van der Waals surface area contributed by atoms with Crippen molar-refractivity contribution in [1.82, 2.24) is 0 Å². The molecule has 2 rings (SSSR count). The SMILES string of the molecule is NC1(Cc2cc(F)c(F)cc2F)CC(O)C1. The predicted octanol–water partition coefficient (Wildman–Crippen LogP) is 1.50. The van der Waals surface area contributed by atoms with Crippen LogP contribution in [0.25, 0.3) is 0 Å². The average molecular weight is 231 g/mol. The van der Waals surface area contributed by atoms with Crippen molar-refractivity contribution < 1.29 is 18.3 Å². The van der Waals surface area contributed by atoms with Crippen molar-refractivity contribution in [3.05, 3.63) is 35.1 Å². The van der Waals surface area contributed by atoms with Crippen molar-refractivity contribution in [1.29, 1.82) is 0 Å². The molecule has 1 fully saturated rings. The number of hydrogen-bond donors (Lipinski definition) is 2. The second-order valence-corrected chi connectivity index (χ2v) is 4.46. The van der Waals surface area contributed by atoms with Crippen molar-refractivity contribution in [3.63, 3.8) is 0 Å². The first-order valence-electron chi connectivity index (χ1n) is 5.00. The van der Waals surface area contributed by atoms with E-state index in [2.05, 4.69) is 0 Å². The van der Waals surface area contributed by atoms with Gasteiger partial charge in [-0.1, -0.05) is 0 Å². The van der Waals surface area contributed by atoms with E-state index in [0.717, 1.165) is 6.07 Å². The van der Waals surface area contributed by atoms with Crippen LogP contribution in [0.2, 0.25) is 0 Å². The molecule has 3 N–H and O–H groups in total. The minimum atomic E-state index is -1.21. The minimum absolute atomic E-state index is 0.0494. The molecule has 0 unspecified atom stereocenters. The van der Waals surface area contributed by atoms with E-state index in [1.807, 2.05) is 0 Å². The lowest BCUT2D eigenvalue weighted by Crippen LogP contribution is -2.56. The van der Waals surface area contributed by atoms with Crippen LogP contribution in [-0.2, 0) is 6.42 Å². The Morgan fingerprint density at radius 2 is 1.75 bits per heavy atom. The van der Waals surface area contributed by atoms with E-state index in [9.17, 15) is 13.2 Å². The summed E-state index contributed by atoms with van der Waals surface area (Å²) in [4.78, 5) is 0. The van der Waals surface area contributed by atoms with E-state index >= 15 is 0 Å². The van der Waals surface area contributed by atoms with Gasteiger partial charge in [0.1, 0.15) is 5.82 Å². The Hall–Kier alpha value is -1.07. The number of benzene rings is 1. The molecule has 0 amide bonds. The van der Waals surface area contributed by atoms with Crippen LogP contribution in [0, 0.1) is 17.5 Å². The normalized spacial score (nSPS) is 28.9. The van der Waals surface area contributed by atoms with Crippen LogP contribution < -0.4 is 5.73 Å². The molecule has 0 radical (unpaired) electrons. The zero-order valence-electron chi connectivity index (χ0n) is 8.51. The van der Waals surface area contributed by atoms with E-state index in [1.165, 1.54) is 0 Å². The molecule has 2 nitrogen and oxygen atoms in total. The number of nitrogens with two attached hydrogens (primary N) is 1. The van der Waals surface area contributed by atoms with E-state index in [4.69, 9.17) is 10.8 Å². The maximum absolute atomic E-state index is 13.3. The summed E-state index contributed by atoms with van der Waals surface area (Å²) < 4.78 is 38.9. The number of aliphatic hydroxyl groups is 1. The molecule has 5 heteroatoms. The Morgan fingerprint density at radius 3 is 2.31 bits per heavy atom. The van der Waals surface area contributed by atoms with Crippen molar-refractivity contribution in [3.8, 4) is 0 Å². The summed E-state index contributed by atoms with van der Waals surface area (Å²) in [6.45, 7) is 0. The van der Waals surface area contributed by atoms with E-state index in [1.54, 1.807) is 0 Å². The Labute approximate surface area is 90.9 Å². The average Bonchev–Trinajstić information content (AvgIpc) is 2.12. The predicted molar refractivity (Wildman–Crippen MR) is 52.2 cm³/mol. The van der Waals surface area contributed by atoms with Gasteiger partial charge in [-0.05, 0) is 30.9 Å². The van der Waals surface area contributed by atoms with Crippen LogP contribution in [0.15, 0.2) is 12.1 Å². The second kappa shape index (κ2) is 3.75. The Bertz CT molecular complexity index is 416. The van der Waals surface area contributed by atoms with Gasteiger partial charge in [-0.2, -0.15) is 0 Å². The zero-order valence-corrected chi connectivity index (χ0v) is 8.51. The maximum atomic E-state index is 13.3. The van der Waals surface area contributed by atoms with Gasteiger partial charge >= 0.3 is 0 Å². The fourth-order valence-electron chi connectivity index (χ4n) is 2.10. The Morgan fingerprint density at radius 1 is 1.19 bits per heavy atom. The number of halogens is 3. The number of aliphatic hydroxyl groups excluding tert-OH is 1. The molecule has 0 bridgehead atoms. The molecule has 0 heterocycles. The van der Waals surface area contributed by atoms with Crippen molar-refractivity contribution >= 4 is 0 Å². The lowest BCUT2D eigenvalue weighted by molar-refractivity contribution is 0.0228. The smallest absolute Gasteiger partial charge is 0.161 e. The molecule has 1 aromatic carbocycles. The molecule has 1 aliphatic rings. The van der Waals surface area contributed by atoms with Gasteiger partial charge in [0, 0.05) is 11.6 Å². The van der Waals surface area contributed by atoms with Gasteiger partial charge in [0.2, 0.25) is 0 Å². The third kappa shape index (κ3) is 2.05. The van der Waals surface area contributed by atoms with Crippen LogP contribution in [-0.4, -0.2) is 16.7 Å². The van der Waals surface area contributed by atoms with E-state index in [-0.39, 0.29) is 12.0 Å². The molecular weight excluding hydrogens is 219 g/mol. The monoisotopic (exact) mass is 231 g/mol. The number of rotatable bonds is 2. The highest BCUT2D eigenvalue weighted by Crippen LogP contribution is 2.33.